The van der Waals surface area contributed by atoms with Gasteiger partial charge in [-0.2, -0.15) is 0 Å². The number of halogens is 1. The number of benzene rings is 1. The minimum absolute atomic E-state index is 0.628. The monoisotopic (exact) mass is 332 g/mol. The lowest BCUT2D eigenvalue weighted by Crippen LogP contribution is -1.91. The molecule has 19 heavy (non-hydrogen) atoms. The van der Waals surface area contributed by atoms with E-state index in [0.29, 0.717) is 5.69 Å². The fourth-order valence-corrected chi connectivity index (χ4v) is 3.11. The highest BCUT2D eigenvalue weighted by Gasteiger charge is 2.09. The molecule has 0 bridgehead atoms. The molecule has 0 radical (unpaired) electrons. The third-order valence-electron chi connectivity index (χ3n) is 2.53. The van der Waals surface area contributed by atoms with E-state index in [1.165, 1.54) is 11.8 Å². The zero-order valence-corrected chi connectivity index (χ0v) is 12.1. The van der Waals surface area contributed by atoms with Crippen molar-refractivity contribution in [2.45, 2.75) is 10.1 Å². The Labute approximate surface area is 122 Å². The zero-order valence-electron chi connectivity index (χ0n) is 9.75. The molecule has 3 aromatic rings. The first-order chi connectivity index (χ1) is 9.24. The van der Waals surface area contributed by atoms with Crippen LogP contribution in [0.25, 0.3) is 10.9 Å². The summed E-state index contributed by atoms with van der Waals surface area (Å²) in [4.78, 5) is 12.9. The molecule has 4 nitrogen and oxygen atoms in total. The SMILES string of the molecule is Nc1cnc(Sc2ncnc3ccccc23)c(Br)c1. The molecule has 0 spiro atoms. The van der Waals surface area contributed by atoms with E-state index in [4.69, 9.17) is 5.73 Å². The van der Waals surface area contributed by atoms with Crippen LogP contribution in [-0.4, -0.2) is 15.0 Å². The molecular formula is C13H9BrN4S. The molecule has 0 aliphatic heterocycles. The second kappa shape index (κ2) is 5.14. The lowest BCUT2D eigenvalue weighted by Gasteiger charge is -2.05. The quantitative estimate of drug-likeness (QED) is 0.727. The van der Waals surface area contributed by atoms with E-state index in [-0.39, 0.29) is 0 Å². The predicted molar refractivity (Wildman–Crippen MR) is 80.0 cm³/mol. The molecule has 94 valence electrons. The van der Waals surface area contributed by atoms with Gasteiger partial charge in [0.1, 0.15) is 16.4 Å². The van der Waals surface area contributed by atoms with Gasteiger partial charge in [0.2, 0.25) is 0 Å². The van der Waals surface area contributed by atoms with E-state index in [1.54, 1.807) is 12.5 Å². The van der Waals surface area contributed by atoms with E-state index in [1.807, 2.05) is 30.3 Å². The van der Waals surface area contributed by atoms with Gasteiger partial charge in [-0.3, -0.25) is 0 Å². The smallest absolute Gasteiger partial charge is 0.117 e. The predicted octanol–water partition coefficient (Wildman–Crippen LogP) is 3.52. The number of rotatable bonds is 2. The topological polar surface area (TPSA) is 64.7 Å². The lowest BCUT2D eigenvalue weighted by atomic mass is 10.2. The fourth-order valence-electron chi connectivity index (χ4n) is 1.67. The van der Waals surface area contributed by atoms with Crippen LogP contribution in [0.2, 0.25) is 0 Å². The van der Waals surface area contributed by atoms with Gasteiger partial charge in [0.25, 0.3) is 0 Å². The van der Waals surface area contributed by atoms with Crippen molar-refractivity contribution in [2.24, 2.45) is 0 Å². The Hall–Kier alpha value is -1.66. The molecule has 0 atom stereocenters. The van der Waals surface area contributed by atoms with Crippen LogP contribution >= 0.6 is 27.7 Å². The number of nitrogens with two attached hydrogens (primary N) is 1. The summed E-state index contributed by atoms with van der Waals surface area (Å²) in [5, 5.41) is 2.72. The van der Waals surface area contributed by atoms with E-state index in [2.05, 4.69) is 30.9 Å². The van der Waals surface area contributed by atoms with Gasteiger partial charge >= 0.3 is 0 Å². The molecule has 2 N–H and O–H groups in total. The summed E-state index contributed by atoms with van der Waals surface area (Å²) in [5.41, 5.74) is 7.24. The third-order valence-corrected chi connectivity index (χ3v) is 4.43. The lowest BCUT2D eigenvalue weighted by molar-refractivity contribution is 1.07. The molecule has 0 saturated carbocycles. The Morgan fingerprint density at radius 1 is 1.05 bits per heavy atom. The Morgan fingerprint density at radius 2 is 1.89 bits per heavy atom. The summed E-state index contributed by atoms with van der Waals surface area (Å²) in [6.07, 6.45) is 3.20. The van der Waals surface area contributed by atoms with Crippen molar-refractivity contribution in [1.82, 2.24) is 15.0 Å². The van der Waals surface area contributed by atoms with Crippen molar-refractivity contribution in [3.05, 3.63) is 47.3 Å². The first-order valence-corrected chi connectivity index (χ1v) is 7.13. The second-order valence-electron chi connectivity index (χ2n) is 3.85. The summed E-state index contributed by atoms with van der Waals surface area (Å²) in [7, 11) is 0. The van der Waals surface area contributed by atoms with Crippen LogP contribution in [0.15, 0.2) is 57.4 Å². The Morgan fingerprint density at radius 3 is 2.74 bits per heavy atom. The standard InChI is InChI=1S/C13H9BrN4S/c14-10-5-8(15)6-16-13(10)19-12-9-3-1-2-4-11(9)17-7-18-12/h1-7H,15H2. The maximum Gasteiger partial charge on any atom is 0.117 e. The summed E-state index contributed by atoms with van der Waals surface area (Å²) >= 11 is 4.95. The van der Waals surface area contributed by atoms with E-state index >= 15 is 0 Å². The minimum Gasteiger partial charge on any atom is -0.397 e. The number of hydrogen-bond donors (Lipinski definition) is 1. The van der Waals surface area contributed by atoms with E-state index in [0.717, 1.165) is 25.4 Å². The molecule has 6 heteroatoms. The van der Waals surface area contributed by atoms with Crippen molar-refractivity contribution in [1.29, 1.82) is 0 Å². The molecule has 0 aliphatic carbocycles. The molecule has 0 saturated heterocycles. The molecule has 0 aliphatic rings. The van der Waals surface area contributed by atoms with Gasteiger partial charge in [-0.1, -0.05) is 18.2 Å². The van der Waals surface area contributed by atoms with Crippen molar-refractivity contribution in [2.75, 3.05) is 5.73 Å². The average molecular weight is 333 g/mol. The molecule has 0 fully saturated rings. The third kappa shape index (κ3) is 2.54. The number of hydrogen-bond acceptors (Lipinski definition) is 5. The Balaban J connectivity index is 2.06. The maximum atomic E-state index is 5.68. The number of pyridine rings is 1. The summed E-state index contributed by atoms with van der Waals surface area (Å²) in [5.74, 6) is 0. The van der Waals surface area contributed by atoms with Crippen LogP contribution in [0.5, 0.6) is 0 Å². The van der Waals surface area contributed by atoms with Gasteiger partial charge in [-0.25, -0.2) is 15.0 Å². The van der Waals surface area contributed by atoms with Gasteiger partial charge in [0.15, 0.2) is 0 Å². The molecule has 1 aromatic carbocycles. The van der Waals surface area contributed by atoms with Crippen LogP contribution in [0.3, 0.4) is 0 Å². The van der Waals surface area contributed by atoms with Crippen LogP contribution in [0.1, 0.15) is 0 Å². The van der Waals surface area contributed by atoms with Crippen LogP contribution in [-0.2, 0) is 0 Å². The van der Waals surface area contributed by atoms with Gasteiger partial charge < -0.3 is 5.73 Å². The van der Waals surface area contributed by atoms with Crippen molar-refractivity contribution < 1.29 is 0 Å². The molecule has 3 rings (SSSR count). The summed E-state index contributed by atoms with van der Waals surface area (Å²) < 4.78 is 0.861. The minimum atomic E-state index is 0.628. The molecule has 2 heterocycles. The fraction of sp³-hybridized carbons (Fsp3) is 0. The summed E-state index contributed by atoms with van der Waals surface area (Å²) in [6, 6.07) is 9.73. The van der Waals surface area contributed by atoms with Crippen molar-refractivity contribution in [3.8, 4) is 0 Å². The number of nitrogen functional groups attached to an aromatic ring is 1. The molecule has 0 amide bonds. The normalized spacial score (nSPS) is 10.8. The van der Waals surface area contributed by atoms with Crippen LogP contribution in [0.4, 0.5) is 5.69 Å². The highest BCUT2D eigenvalue weighted by Crippen LogP contribution is 2.34. The largest absolute Gasteiger partial charge is 0.397 e. The van der Waals surface area contributed by atoms with Gasteiger partial charge in [0, 0.05) is 5.39 Å². The number of anilines is 1. The highest BCUT2D eigenvalue weighted by molar-refractivity contribution is 9.10. The van der Waals surface area contributed by atoms with Crippen molar-refractivity contribution in [3.63, 3.8) is 0 Å². The van der Waals surface area contributed by atoms with Crippen LogP contribution in [0, 0.1) is 0 Å². The molecule has 2 aromatic heterocycles. The van der Waals surface area contributed by atoms with Gasteiger partial charge in [0.05, 0.1) is 21.9 Å². The van der Waals surface area contributed by atoms with Crippen molar-refractivity contribution >= 4 is 44.3 Å². The van der Waals surface area contributed by atoms with Gasteiger partial charge in [-0.15, -0.1) is 0 Å². The average Bonchev–Trinajstić information content (AvgIpc) is 2.42. The molecular weight excluding hydrogens is 324 g/mol. The Kier molecular flexibility index (Phi) is 3.35. The Bertz CT molecular complexity index is 742. The maximum absolute atomic E-state index is 5.68. The summed E-state index contributed by atoms with van der Waals surface area (Å²) in [6.45, 7) is 0. The number of para-hydroxylation sites is 1. The number of aromatic nitrogens is 3. The highest BCUT2D eigenvalue weighted by atomic mass is 79.9. The van der Waals surface area contributed by atoms with E-state index in [9.17, 15) is 0 Å². The first-order valence-electron chi connectivity index (χ1n) is 5.52. The first kappa shape index (κ1) is 12.4. The zero-order chi connectivity index (χ0) is 13.2. The molecule has 0 unspecified atom stereocenters. The van der Waals surface area contributed by atoms with Gasteiger partial charge in [-0.05, 0) is 39.8 Å². The van der Waals surface area contributed by atoms with Crippen LogP contribution < -0.4 is 5.73 Å². The van der Waals surface area contributed by atoms with E-state index < -0.39 is 0 Å². The number of fused-ring (bicyclic) bond motifs is 1. The number of nitrogens with zero attached hydrogens (tertiary/aromatic N) is 3. The second-order valence-corrected chi connectivity index (χ2v) is 5.69.